The minimum absolute atomic E-state index is 0.696. The molecule has 0 atom stereocenters. The van der Waals surface area contributed by atoms with Crippen LogP contribution in [-0.2, 0) is 0 Å². The number of hydrogen-bond acceptors (Lipinski definition) is 4. The van der Waals surface area contributed by atoms with Gasteiger partial charge in [0.1, 0.15) is 0 Å². The molecule has 0 saturated carbocycles. The van der Waals surface area contributed by atoms with Crippen molar-refractivity contribution in [3.05, 3.63) is 170 Å². The van der Waals surface area contributed by atoms with Crippen LogP contribution in [-0.4, -0.2) is 19.5 Å². The molecule has 0 spiro atoms. The van der Waals surface area contributed by atoms with Crippen LogP contribution in [0.1, 0.15) is 0 Å². The molecule has 5 heteroatoms. The SMILES string of the molecule is c1ccc(-c2nc(-c3cc(-c4cccnc4)cc(-n4c5ccccc5c5ccccc54)c3)cc(-c3cccc4c3sc3ccccc34)n2)cc1. The van der Waals surface area contributed by atoms with Gasteiger partial charge >= 0.3 is 0 Å². The number of pyridine rings is 1. The second kappa shape index (κ2) is 11.6. The second-order valence-corrected chi connectivity index (χ2v) is 13.5. The molecule has 0 fully saturated rings. The zero-order chi connectivity index (χ0) is 33.0. The summed E-state index contributed by atoms with van der Waals surface area (Å²) >= 11 is 1.82. The van der Waals surface area contributed by atoms with Crippen LogP contribution in [0.2, 0.25) is 0 Å². The molecule has 234 valence electrons. The maximum atomic E-state index is 5.27. The third-order valence-electron chi connectivity index (χ3n) is 9.49. The standard InChI is InChI=1S/C45H28N4S/c1-2-12-29(13-3-1)45-47-39(27-40(48-45)38-19-10-18-37-36-17-6-9-22-43(36)50-44(37)38)32-24-31(30-14-11-23-46-28-30)25-33(26-32)49-41-20-7-4-15-34(41)35-16-5-8-21-42(35)49/h1-28H. The number of nitrogens with zero attached hydrogens (tertiary/aromatic N) is 4. The van der Waals surface area contributed by atoms with Crippen LogP contribution in [0.4, 0.5) is 0 Å². The Labute approximate surface area is 292 Å². The van der Waals surface area contributed by atoms with Crippen molar-refractivity contribution >= 4 is 53.3 Å². The van der Waals surface area contributed by atoms with Crippen molar-refractivity contribution in [2.24, 2.45) is 0 Å². The van der Waals surface area contributed by atoms with Crippen LogP contribution in [0.5, 0.6) is 0 Å². The first-order valence-corrected chi connectivity index (χ1v) is 17.5. The predicted molar refractivity (Wildman–Crippen MR) is 209 cm³/mol. The molecular weight excluding hydrogens is 629 g/mol. The molecule has 10 aromatic rings. The predicted octanol–water partition coefficient (Wildman–Crippen LogP) is 12.0. The first kappa shape index (κ1) is 28.6. The van der Waals surface area contributed by atoms with Gasteiger partial charge in [-0.2, -0.15) is 0 Å². The van der Waals surface area contributed by atoms with Crippen molar-refractivity contribution in [1.82, 2.24) is 19.5 Å². The summed E-state index contributed by atoms with van der Waals surface area (Å²) in [5.74, 6) is 0.696. The Hall–Kier alpha value is -6.43. The number of fused-ring (bicyclic) bond motifs is 6. The molecule has 0 aliphatic rings. The van der Waals surface area contributed by atoms with Crippen LogP contribution < -0.4 is 0 Å². The largest absolute Gasteiger partial charge is 0.309 e. The molecule has 6 aromatic carbocycles. The smallest absolute Gasteiger partial charge is 0.160 e. The zero-order valence-electron chi connectivity index (χ0n) is 26.9. The van der Waals surface area contributed by atoms with Crippen LogP contribution in [0.3, 0.4) is 0 Å². The van der Waals surface area contributed by atoms with Gasteiger partial charge < -0.3 is 4.57 Å². The number of thiophene rings is 1. The van der Waals surface area contributed by atoms with Gasteiger partial charge in [0.05, 0.1) is 22.4 Å². The van der Waals surface area contributed by atoms with Gasteiger partial charge in [-0.3, -0.25) is 4.98 Å². The second-order valence-electron chi connectivity index (χ2n) is 12.5. The van der Waals surface area contributed by atoms with Gasteiger partial charge in [-0.05, 0) is 54.1 Å². The lowest BCUT2D eigenvalue weighted by molar-refractivity contribution is 1.16. The van der Waals surface area contributed by atoms with Crippen molar-refractivity contribution in [2.75, 3.05) is 0 Å². The van der Waals surface area contributed by atoms with Crippen LogP contribution >= 0.6 is 11.3 Å². The maximum Gasteiger partial charge on any atom is 0.160 e. The van der Waals surface area contributed by atoms with E-state index in [1.807, 2.05) is 48.0 Å². The van der Waals surface area contributed by atoms with E-state index in [0.29, 0.717) is 5.82 Å². The van der Waals surface area contributed by atoms with Crippen LogP contribution in [0, 0.1) is 0 Å². The van der Waals surface area contributed by atoms with Gasteiger partial charge in [0.15, 0.2) is 5.82 Å². The van der Waals surface area contributed by atoms with Crippen LogP contribution in [0.25, 0.3) is 92.7 Å². The molecule has 0 N–H and O–H groups in total. The molecule has 10 rings (SSSR count). The Morgan fingerprint density at radius 3 is 1.90 bits per heavy atom. The van der Waals surface area contributed by atoms with Crippen molar-refractivity contribution in [3.8, 4) is 50.7 Å². The van der Waals surface area contributed by atoms with Gasteiger partial charge in [-0.1, -0.05) is 109 Å². The fraction of sp³-hybridized carbons (Fsp3) is 0. The molecule has 4 aromatic heterocycles. The minimum Gasteiger partial charge on any atom is -0.309 e. The lowest BCUT2D eigenvalue weighted by atomic mass is 9.99. The van der Waals surface area contributed by atoms with Crippen LogP contribution in [0.15, 0.2) is 170 Å². The highest BCUT2D eigenvalue weighted by molar-refractivity contribution is 7.26. The molecule has 0 unspecified atom stereocenters. The van der Waals surface area contributed by atoms with Crippen molar-refractivity contribution in [2.45, 2.75) is 0 Å². The van der Waals surface area contributed by atoms with E-state index >= 15 is 0 Å². The normalized spacial score (nSPS) is 11.6. The number of rotatable bonds is 5. The van der Waals surface area contributed by atoms with Gasteiger partial charge in [0.25, 0.3) is 0 Å². The molecule has 0 amide bonds. The van der Waals surface area contributed by atoms with Crippen molar-refractivity contribution < 1.29 is 0 Å². The van der Waals surface area contributed by atoms with E-state index in [9.17, 15) is 0 Å². The number of aromatic nitrogens is 4. The van der Waals surface area contributed by atoms with E-state index in [0.717, 1.165) is 55.9 Å². The molecule has 4 nitrogen and oxygen atoms in total. The van der Waals surface area contributed by atoms with E-state index in [1.165, 1.54) is 30.9 Å². The first-order chi connectivity index (χ1) is 24.8. The Bertz CT molecular complexity index is 2820. The van der Waals surface area contributed by atoms with Gasteiger partial charge in [0, 0.05) is 71.3 Å². The monoisotopic (exact) mass is 656 g/mol. The highest BCUT2D eigenvalue weighted by atomic mass is 32.1. The Balaban J connectivity index is 1.26. The van der Waals surface area contributed by atoms with Gasteiger partial charge in [-0.15, -0.1) is 11.3 Å². The average Bonchev–Trinajstić information content (AvgIpc) is 3.74. The summed E-state index contributed by atoms with van der Waals surface area (Å²) < 4.78 is 4.87. The first-order valence-electron chi connectivity index (χ1n) is 16.7. The fourth-order valence-electron chi connectivity index (χ4n) is 7.19. The van der Waals surface area contributed by atoms with E-state index in [4.69, 9.17) is 9.97 Å². The van der Waals surface area contributed by atoms with E-state index in [1.54, 1.807) is 0 Å². The molecular formula is C45H28N4S. The lowest BCUT2D eigenvalue weighted by Gasteiger charge is -2.15. The highest BCUT2D eigenvalue weighted by Gasteiger charge is 2.18. The lowest BCUT2D eigenvalue weighted by Crippen LogP contribution is -1.99. The van der Waals surface area contributed by atoms with E-state index in [-0.39, 0.29) is 0 Å². The summed E-state index contributed by atoms with van der Waals surface area (Å²) in [6.45, 7) is 0. The van der Waals surface area contributed by atoms with Gasteiger partial charge in [-0.25, -0.2) is 9.97 Å². The molecule has 50 heavy (non-hydrogen) atoms. The quantitative estimate of drug-likeness (QED) is 0.185. The summed E-state index contributed by atoms with van der Waals surface area (Å²) in [4.78, 5) is 15.0. The van der Waals surface area contributed by atoms with Crippen molar-refractivity contribution in [1.29, 1.82) is 0 Å². The minimum atomic E-state index is 0.696. The topological polar surface area (TPSA) is 43.6 Å². The Morgan fingerprint density at radius 1 is 0.460 bits per heavy atom. The molecule has 0 bridgehead atoms. The molecule has 0 saturated heterocycles. The third-order valence-corrected chi connectivity index (χ3v) is 10.7. The Morgan fingerprint density at radius 2 is 1.12 bits per heavy atom. The number of benzene rings is 6. The average molecular weight is 657 g/mol. The molecule has 0 radical (unpaired) electrons. The van der Waals surface area contributed by atoms with Crippen molar-refractivity contribution in [3.63, 3.8) is 0 Å². The summed E-state index contributed by atoms with van der Waals surface area (Å²) in [7, 11) is 0. The summed E-state index contributed by atoms with van der Waals surface area (Å²) in [6, 6.07) is 55.7. The maximum absolute atomic E-state index is 5.27. The summed E-state index contributed by atoms with van der Waals surface area (Å²) in [5.41, 5.74) is 10.3. The van der Waals surface area contributed by atoms with E-state index in [2.05, 4.69) is 143 Å². The zero-order valence-corrected chi connectivity index (χ0v) is 27.7. The highest BCUT2D eigenvalue weighted by Crippen LogP contribution is 2.41. The Kier molecular flexibility index (Phi) is 6.64. The molecule has 4 heterocycles. The third kappa shape index (κ3) is 4.71. The van der Waals surface area contributed by atoms with Gasteiger partial charge in [0.2, 0.25) is 0 Å². The van der Waals surface area contributed by atoms with E-state index < -0.39 is 0 Å². The molecule has 0 aliphatic heterocycles. The fourth-order valence-corrected chi connectivity index (χ4v) is 8.41. The summed E-state index contributed by atoms with van der Waals surface area (Å²) in [6.07, 6.45) is 3.75. The number of hydrogen-bond donors (Lipinski definition) is 0. The summed E-state index contributed by atoms with van der Waals surface area (Å²) in [5, 5.41) is 4.97. The molecule has 0 aliphatic carbocycles. The number of para-hydroxylation sites is 2.